The summed E-state index contributed by atoms with van der Waals surface area (Å²) in [6, 6.07) is 0. The molecule has 0 radical (unpaired) electrons. The second kappa shape index (κ2) is 6.76. The molecule has 0 unspecified atom stereocenters. The lowest BCUT2D eigenvalue weighted by molar-refractivity contribution is 0.574. The summed E-state index contributed by atoms with van der Waals surface area (Å²) in [7, 11) is 0. The van der Waals surface area contributed by atoms with E-state index >= 15 is 0 Å². The molecule has 5 heteroatoms. The van der Waals surface area contributed by atoms with Gasteiger partial charge in [0.25, 0.3) is 0 Å². The van der Waals surface area contributed by atoms with Gasteiger partial charge < -0.3 is 4.90 Å². The lowest BCUT2D eigenvalue weighted by Gasteiger charge is -2.28. The van der Waals surface area contributed by atoms with Crippen LogP contribution in [0.3, 0.4) is 0 Å². The number of piperidine rings is 1. The summed E-state index contributed by atoms with van der Waals surface area (Å²) < 4.78 is 1.38. The second-order valence-corrected chi connectivity index (χ2v) is 8.68. The summed E-state index contributed by atoms with van der Waals surface area (Å²) in [6.07, 6.45) is 12.9. The number of hydrogen-bond acceptors (Lipinski definition) is 5. The molecule has 4 heterocycles. The Morgan fingerprint density at radius 2 is 1.81 bits per heavy atom. The molecule has 0 atom stereocenters. The third-order valence-electron chi connectivity index (χ3n) is 5.92. The zero-order valence-corrected chi connectivity index (χ0v) is 16.4. The number of aryl methyl sites for hydroxylation is 2. The molecule has 2 aliphatic rings. The number of fused-ring (bicyclic) bond motifs is 5. The van der Waals surface area contributed by atoms with Crippen molar-refractivity contribution in [2.24, 2.45) is 0 Å². The fourth-order valence-electron chi connectivity index (χ4n) is 4.68. The predicted molar refractivity (Wildman–Crippen MR) is 109 cm³/mol. The van der Waals surface area contributed by atoms with Crippen molar-refractivity contribution in [3.8, 4) is 0 Å². The summed E-state index contributed by atoms with van der Waals surface area (Å²) in [6.45, 7) is 4.47. The predicted octanol–water partition coefficient (Wildman–Crippen LogP) is 5.06. The van der Waals surface area contributed by atoms with Crippen LogP contribution in [0.2, 0.25) is 0 Å². The molecule has 26 heavy (non-hydrogen) atoms. The number of aromatic nitrogens is 3. The van der Waals surface area contributed by atoms with Gasteiger partial charge in [0.2, 0.25) is 0 Å². The first-order valence-corrected chi connectivity index (χ1v) is 11.0. The van der Waals surface area contributed by atoms with Crippen molar-refractivity contribution in [2.45, 2.75) is 64.7 Å². The maximum Gasteiger partial charge on any atom is 0.142 e. The smallest absolute Gasteiger partial charge is 0.142 e. The zero-order chi connectivity index (χ0) is 17.5. The Hall–Kier alpha value is -1.75. The molecule has 0 aromatic carbocycles. The minimum atomic E-state index is 1.09. The molecule has 5 rings (SSSR count). The van der Waals surface area contributed by atoms with Gasteiger partial charge in [0.05, 0.1) is 15.6 Å². The molecule has 1 fully saturated rings. The summed E-state index contributed by atoms with van der Waals surface area (Å²) in [5.41, 5.74) is 5.63. The van der Waals surface area contributed by atoms with Gasteiger partial charge in [0.1, 0.15) is 17.0 Å². The van der Waals surface area contributed by atoms with Gasteiger partial charge in [-0.25, -0.2) is 9.97 Å². The first kappa shape index (κ1) is 16.4. The lowest BCUT2D eigenvalue weighted by atomic mass is 9.89. The Balaban J connectivity index is 1.78. The highest BCUT2D eigenvalue weighted by molar-refractivity contribution is 7.25. The Kier molecular flexibility index (Phi) is 4.27. The standard InChI is InChI=1S/C21H26N4S/c1-2-8-16-14-9-4-5-10-15(14)19-18(24-16)17-20(22-13-23-21(17)26-19)25-11-6-3-7-12-25/h13H,2-12H2,1H3. The minimum absolute atomic E-state index is 1.09. The Morgan fingerprint density at radius 1 is 1.00 bits per heavy atom. The van der Waals surface area contributed by atoms with Gasteiger partial charge in [-0.15, -0.1) is 11.3 Å². The molecule has 4 nitrogen and oxygen atoms in total. The molecular weight excluding hydrogens is 340 g/mol. The maximum absolute atomic E-state index is 5.23. The SMILES string of the molecule is CCCc1nc2c(sc3ncnc(N4CCCCC4)c32)c2c1CCCC2. The van der Waals surface area contributed by atoms with Crippen molar-refractivity contribution in [1.82, 2.24) is 15.0 Å². The van der Waals surface area contributed by atoms with Gasteiger partial charge in [-0.3, -0.25) is 4.98 Å². The topological polar surface area (TPSA) is 41.9 Å². The van der Waals surface area contributed by atoms with E-state index in [1.165, 1.54) is 66.2 Å². The summed E-state index contributed by atoms with van der Waals surface area (Å²) in [5, 5.41) is 1.21. The van der Waals surface area contributed by atoms with Gasteiger partial charge in [0.15, 0.2) is 0 Å². The summed E-state index contributed by atoms with van der Waals surface area (Å²) in [5.74, 6) is 1.12. The van der Waals surface area contributed by atoms with Gasteiger partial charge in [-0.05, 0) is 62.5 Å². The molecule has 1 saturated heterocycles. The lowest BCUT2D eigenvalue weighted by Crippen LogP contribution is -2.30. The van der Waals surface area contributed by atoms with E-state index in [2.05, 4.69) is 16.8 Å². The van der Waals surface area contributed by atoms with Gasteiger partial charge in [0, 0.05) is 18.8 Å². The second-order valence-electron chi connectivity index (χ2n) is 7.68. The first-order chi connectivity index (χ1) is 12.9. The number of pyridine rings is 1. The molecule has 1 aliphatic carbocycles. The van der Waals surface area contributed by atoms with Crippen LogP contribution in [0.4, 0.5) is 5.82 Å². The molecule has 0 spiro atoms. The molecule has 1 aliphatic heterocycles. The van der Waals surface area contributed by atoms with Crippen LogP contribution in [0.25, 0.3) is 20.4 Å². The van der Waals surface area contributed by atoms with Gasteiger partial charge in [-0.2, -0.15) is 0 Å². The molecular formula is C21H26N4S. The zero-order valence-electron chi connectivity index (χ0n) is 15.6. The van der Waals surface area contributed by atoms with Crippen LogP contribution >= 0.6 is 11.3 Å². The molecule has 0 saturated carbocycles. The average Bonchev–Trinajstić information content (AvgIpc) is 3.08. The van der Waals surface area contributed by atoms with E-state index in [1.54, 1.807) is 17.5 Å². The number of nitrogens with zero attached hydrogens (tertiary/aromatic N) is 4. The summed E-state index contributed by atoms with van der Waals surface area (Å²) >= 11 is 1.84. The monoisotopic (exact) mass is 366 g/mol. The molecule has 0 amide bonds. The van der Waals surface area contributed by atoms with E-state index in [-0.39, 0.29) is 0 Å². The highest BCUT2D eigenvalue weighted by Crippen LogP contribution is 2.42. The van der Waals surface area contributed by atoms with E-state index in [1.807, 2.05) is 11.3 Å². The van der Waals surface area contributed by atoms with Crippen LogP contribution < -0.4 is 4.90 Å². The highest BCUT2D eigenvalue weighted by Gasteiger charge is 2.24. The van der Waals surface area contributed by atoms with Crippen molar-refractivity contribution >= 4 is 37.6 Å². The van der Waals surface area contributed by atoms with Crippen molar-refractivity contribution in [3.63, 3.8) is 0 Å². The van der Waals surface area contributed by atoms with E-state index in [0.29, 0.717) is 0 Å². The summed E-state index contributed by atoms with van der Waals surface area (Å²) in [4.78, 5) is 18.2. The normalized spacial score (nSPS) is 17.8. The molecule has 0 N–H and O–H groups in total. The van der Waals surface area contributed by atoms with Gasteiger partial charge in [-0.1, -0.05) is 13.3 Å². The third kappa shape index (κ3) is 2.59. The fraction of sp³-hybridized carbons (Fsp3) is 0.571. The molecule has 3 aromatic rings. The Morgan fingerprint density at radius 3 is 2.62 bits per heavy atom. The van der Waals surface area contributed by atoms with E-state index in [4.69, 9.17) is 9.97 Å². The van der Waals surface area contributed by atoms with Crippen LogP contribution in [-0.4, -0.2) is 28.0 Å². The number of rotatable bonds is 3. The number of thiophene rings is 1. The largest absolute Gasteiger partial charge is 0.356 e. The van der Waals surface area contributed by atoms with Crippen molar-refractivity contribution in [2.75, 3.05) is 18.0 Å². The van der Waals surface area contributed by atoms with Crippen molar-refractivity contribution in [1.29, 1.82) is 0 Å². The van der Waals surface area contributed by atoms with Crippen LogP contribution in [-0.2, 0) is 19.3 Å². The van der Waals surface area contributed by atoms with Crippen molar-refractivity contribution < 1.29 is 0 Å². The molecule has 0 bridgehead atoms. The first-order valence-electron chi connectivity index (χ1n) is 10.2. The quantitative estimate of drug-likeness (QED) is 0.650. The Labute approximate surface area is 158 Å². The van der Waals surface area contributed by atoms with E-state index in [0.717, 1.165) is 36.6 Å². The maximum atomic E-state index is 5.23. The van der Waals surface area contributed by atoms with Crippen LogP contribution in [0, 0.1) is 0 Å². The Bertz CT molecular complexity index is 956. The molecule has 136 valence electrons. The fourth-order valence-corrected chi connectivity index (χ4v) is 5.86. The molecule has 3 aromatic heterocycles. The average molecular weight is 367 g/mol. The highest BCUT2D eigenvalue weighted by atomic mass is 32.1. The number of hydrogen-bond donors (Lipinski definition) is 0. The van der Waals surface area contributed by atoms with E-state index in [9.17, 15) is 0 Å². The van der Waals surface area contributed by atoms with Gasteiger partial charge >= 0.3 is 0 Å². The van der Waals surface area contributed by atoms with Crippen molar-refractivity contribution in [3.05, 3.63) is 23.1 Å². The third-order valence-corrected chi connectivity index (χ3v) is 7.07. The number of anilines is 1. The minimum Gasteiger partial charge on any atom is -0.356 e. The van der Waals surface area contributed by atoms with Crippen LogP contribution in [0.1, 0.15) is 62.3 Å². The van der Waals surface area contributed by atoms with E-state index < -0.39 is 0 Å². The van der Waals surface area contributed by atoms with Crippen LogP contribution in [0.15, 0.2) is 6.33 Å². The van der Waals surface area contributed by atoms with Crippen LogP contribution in [0.5, 0.6) is 0 Å².